The zero-order valence-corrected chi connectivity index (χ0v) is 9.83. The molecular weight excluding hydrogens is 262 g/mol. The first-order valence-electron chi connectivity index (χ1n) is 5.29. The smallest absolute Gasteiger partial charge is 0.417 e. The summed E-state index contributed by atoms with van der Waals surface area (Å²) in [6, 6.07) is 5.94. The van der Waals surface area contributed by atoms with Crippen molar-refractivity contribution < 1.29 is 22.3 Å². The molecule has 0 unspecified atom stereocenters. The number of ether oxygens (including phenoxy) is 1. The van der Waals surface area contributed by atoms with Gasteiger partial charge in [-0.2, -0.15) is 17.6 Å². The Balaban J connectivity index is 2.65. The molecule has 0 bridgehead atoms. The first-order chi connectivity index (χ1) is 8.93. The van der Waals surface area contributed by atoms with Crippen LogP contribution in [0, 0.1) is 5.95 Å². The van der Waals surface area contributed by atoms with E-state index in [1.807, 2.05) is 0 Å². The van der Waals surface area contributed by atoms with Gasteiger partial charge in [0, 0.05) is 5.56 Å². The molecule has 2 rings (SSSR count). The standard InChI is InChI=1S/C13H9F4NO/c1-19-8-6-10(12(14)18-7-8)9-4-2-3-5-11(9)13(15,16)17/h2-7H,1H3. The van der Waals surface area contributed by atoms with Crippen LogP contribution >= 0.6 is 0 Å². The van der Waals surface area contributed by atoms with Gasteiger partial charge in [-0.1, -0.05) is 18.2 Å². The molecule has 0 N–H and O–H groups in total. The molecule has 0 atom stereocenters. The van der Waals surface area contributed by atoms with Crippen molar-refractivity contribution in [3.8, 4) is 16.9 Å². The first kappa shape index (κ1) is 13.3. The molecule has 2 nitrogen and oxygen atoms in total. The highest BCUT2D eigenvalue weighted by atomic mass is 19.4. The van der Waals surface area contributed by atoms with Gasteiger partial charge >= 0.3 is 6.18 Å². The van der Waals surface area contributed by atoms with E-state index in [1.54, 1.807) is 0 Å². The fourth-order valence-electron chi connectivity index (χ4n) is 1.69. The molecule has 2 aromatic rings. The third-order valence-corrected chi connectivity index (χ3v) is 2.57. The molecule has 0 saturated heterocycles. The van der Waals surface area contributed by atoms with Crippen LogP contribution in [0.4, 0.5) is 17.6 Å². The minimum Gasteiger partial charge on any atom is -0.495 e. The topological polar surface area (TPSA) is 22.1 Å². The van der Waals surface area contributed by atoms with Crippen molar-refractivity contribution in [3.63, 3.8) is 0 Å². The lowest BCUT2D eigenvalue weighted by molar-refractivity contribution is -0.137. The zero-order valence-electron chi connectivity index (χ0n) is 9.83. The van der Waals surface area contributed by atoms with Crippen molar-refractivity contribution in [3.05, 3.63) is 48.0 Å². The number of nitrogens with zero attached hydrogens (tertiary/aromatic N) is 1. The van der Waals surface area contributed by atoms with E-state index in [0.717, 1.165) is 12.3 Å². The Morgan fingerprint density at radius 2 is 1.79 bits per heavy atom. The highest BCUT2D eigenvalue weighted by molar-refractivity contribution is 5.69. The average molecular weight is 271 g/mol. The lowest BCUT2D eigenvalue weighted by Gasteiger charge is -2.13. The third-order valence-electron chi connectivity index (χ3n) is 2.57. The maximum absolute atomic E-state index is 13.6. The molecule has 1 aromatic heterocycles. The summed E-state index contributed by atoms with van der Waals surface area (Å²) in [4.78, 5) is 3.39. The van der Waals surface area contributed by atoms with Crippen LogP contribution in [0.2, 0.25) is 0 Å². The number of benzene rings is 1. The second kappa shape index (κ2) is 4.87. The van der Waals surface area contributed by atoms with E-state index in [0.29, 0.717) is 0 Å². The number of rotatable bonds is 2. The second-order valence-corrected chi connectivity index (χ2v) is 3.76. The molecule has 0 aliphatic rings. The van der Waals surface area contributed by atoms with E-state index in [9.17, 15) is 17.6 Å². The summed E-state index contributed by atoms with van der Waals surface area (Å²) in [5.74, 6) is -0.786. The Labute approximate surface area is 106 Å². The molecule has 0 radical (unpaired) electrons. The van der Waals surface area contributed by atoms with Crippen molar-refractivity contribution in [2.45, 2.75) is 6.18 Å². The first-order valence-corrected chi connectivity index (χ1v) is 5.29. The van der Waals surface area contributed by atoms with E-state index in [4.69, 9.17) is 4.74 Å². The van der Waals surface area contributed by atoms with E-state index in [2.05, 4.69) is 4.98 Å². The van der Waals surface area contributed by atoms with Gasteiger partial charge in [0.2, 0.25) is 5.95 Å². The number of hydrogen-bond acceptors (Lipinski definition) is 2. The average Bonchev–Trinajstić information content (AvgIpc) is 2.38. The predicted octanol–water partition coefficient (Wildman–Crippen LogP) is 3.92. The molecule has 0 amide bonds. The lowest BCUT2D eigenvalue weighted by Crippen LogP contribution is -2.07. The normalized spacial score (nSPS) is 11.4. The van der Waals surface area contributed by atoms with Crippen molar-refractivity contribution in [2.24, 2.45) is 0 Å². The summed E-state index contributed by atoms with van der Waals surface area (Å²) in [6.07, 6.45) is -3.46. The van der Waals surface area contributed by atoms with E-state index in [1.165, 1.54) is 31.4 Å². The Kier molecular flexibility index (Phi) is 3.42. The fourth-order valence-corrected chi connectivity index (χ4v) is 1.69. The molecule has 1 aromatic carbocycles. The van der Waals surface area contributed by atoms with Gasteiger partial charge in [0.05, 0.1) is 18.9 Å². The lowest BCUT2D eigenvalue weighted by atomic mass is 10.0. The van der Waals surface area contributed by atoms with Gasteiger partial charge in [-0.3, -0.25) is 0 Å². The summed E-state index contributed by atoms with van der Waals surface area (Å²) in [5, 5.41) is 0. The van der Waals surface area contributed by atoms with E-state index < -0.39 is 17.7 Å². The van der Waals surface area contributed by atoms with Crippen molar-refractivity contribution in [2.75, 3.05) is 7.11 Å². The number of methoxy groups -OCH3 is 1. The number of halogens is 4. The van der Waals surface area contributed by atoms with Crippen molar-refractivity contribution >= 4 is 0 Å². The highest BCUT2D eigenvalue weighted by Gasteiger charge is 2.34. The quantitative estimate of drug-likeness (QED) is 0.610. The number of pyridine rings is 1. The second-order valence-electron chi connectivity index (χ2n) is 3.76. The number of aromatic nitrogens is 1. The molecule has 6 heteroatoms. The van der Waals surface area contributed by atoms with Gasteiger partial charge < -0.3 is 4.74 Å². The van der Waals surface area contributed by atoms with Crippen LogP contribution in [0.5, 0.6) is 5.75 Å². The van der Waals surface area contributed by atoms with Gasteiger partial charge in [-0.05, 0) is 17.7 Å². The van der Waals surface area contributed by atoms with Gasteiger partial charge in [0.25, 0.3) is 0 Å². The molecule has 1 heterocycles. The molecule has 0 saturated carbocycles. The highest BCUT2D eigenvalue weighted by Crippen LogP contribution is 2.38. The fraction of sp³-hybridized carbons (Fsp3) is 0.154. The predicted molar refractivity (Wildman–Crippen MR) is 61.2 cm³/mol. The molecule has 0 aliphatic heterocycles. The SMILES string of the molecule is COc1cnc(F)c(-c2ccccc2C(F)(F)F)c1. The van der Waals surface area contributed by atoms with Crippen LogP contribution in [0.3, 0.4) is 0 Å². The Bertz CT molecular complexity index is 595. The third kappa shape index (κ3) is 2.67. The van der Waals surface area contributed by atoms with Crippen LogP contribution < -0.4 is 4.74 Å². The minimum absolute atomic E-state index is 0.188. The van der Waals surface area contributed by atoms with Gasteiger partial charge in [0.15, 0.2) is 0 Å². The Morgan fingerprint density at radius 3 is 2.42 bits per heavy atom. The van der Waals surface area contributed by atoms with Gasteiger partial charge in [0.1, 0.15) is 5.75 Å². The van der Waals surface area contributed by atoms with Crippen molar-refractivity contribution in [1.29, 1.82) is 0 Å². The number of alkyl halides is 3. The molecular formula is C13H9F4NO. The van der Waals surface area contributed by atoms with Crippen LogP contribution in [0.1, 0.15) is 5.56 Å². The Morgan fingerprint density at radius 1 is 1.11 bits per heavy atom. The Hall–Kier alpha value is -2.11. The maximum atomic E-state index is 13.6. The molecule has 0 spiro atoms. The molecule has 0 aliphatic carbocycles. The minimum atomic E-state index is -4.56. The molecule has 0 fully saturated rings. The summed E-state index contributed by atoms with van der Waals surface area (Å²) in [5.41, 5.74) is -1.42. The monoisotopic (exact) mass is 271 g/mol. The largest absolute Gasteiger partial charge is 0.495 e. The zero-order chi connectivity index (χ0) is 14.0. The summed E-state index contributed by atoms with van der Waals surface area (Å²) < 4.78 is 57.1. The maximum Gasteiger partial charge on any atom is 0.417 e. The van der Waals surface area contributed by atoms with Crippen LogP contribution in [-0.2, 0) is 6.18 Å². The van der Waals surface area contributed by atoms with Crippen LogP contribution in [-0.4, -0.2) is 12.1 Å². The summed E-state index contributed by atoms with van der Waals surface area (Å²) in [6.45, 7) is 0. The number of hydrogen-bond donors (Lipinski definition) is 0. The molecule has 19 heavy (non-hydrogen) atoms. The van der Waals surface area contributed by atoms with Gasteiger partial charge in [-0.15, -0.1) is 0 Å². The van der Waals surface area contributed by atoms with Crippen LogP contribution in [0.25, 0.3) is 11.1 Å². The van der Waals surface area contributed by atoms with Crippen LogP contribution in [0.15, 0.2) is 36.5 Å². The van der Waals surface area contributed by atoms with E-state index >= 15 is 0 Å². The summed E-state index contributed by atoms with van der Waals surface area (Å²) >= 11 is 0. The van der Waals surface area contributed by atoms with Crippen molar-refractivity contribution in [1.82, 2.24) is 4.98 Å². The van der Waals surface area contributed by atoms with E-state index in [-0.39, 0.29) is 16.9 Å². The molecule has 100 valence electrons. The van der Waals surface area contributed by atoms with Gasteiger partial charge in [-0.25, -0.2) is 4.98 Å². The summed E-state index contributed by atoms with van der Waals surface area (Å²) in [7, 11) is 1.33.